The molecule has 0 unspecified atom stereocenters. The monoisotopic (exact) mass is 176 g/mol. The second-order valence-corrected chi connectivity index (χ2v) is 3.57. The van der Waals surface area contributed by atoms with Gasteiger partial charge in [-0.2, -0.15) is 0 Å². The normalized spacial score (nSPS) is 9.85. The summed E-state index contributed by atoms with van der Waals surface area (Å²) in [7, 11) is 0. The average Bonchev–Trinajstić information content (AvgIpc) is 1.96. The molecule has 13 heavy (non-hydrogen) atoms. The summed E-state index contributed by atoms with van der Waals surface area (Å²) < 4.78 is 0. The standard InChI is InChI=1S/C11H16N2/c1-7(2)5-10-9(4)13-8(3)6-11(10)12/h5-6H,1-4H3,(H2,12,13). The molecule has 0 bridgehead atoms. The van der Waals surface area contributed by atoms with Crippen molar-refractivity contribution in [2.24, 2.45) is 0 Å². The van der Waals surface area contributed by atoms with E-state index in [4.69, 9.17) is 5.73 Å². The Kier molecular flexibility index (Phi) is 2.71. The Bertz CT molecular complexity index is 324. The molecule has 1 heterocycles. The summed E-state index contributed by atoms with van der Waals surface area (Å²) in [6.45, 7) is 8.05. The lowest BCUT2D eigenvalue weighted by molar-refractivity contribution is 1.12. The zero-order chi connectivity index (χ0) is 10.0. The number of nitrogen functional groups attached to an aromatic ring is 1. The zero-order valence-electron chi connectivity index (χ0n) is 8.68. The van der Waals surface area contributed by atoms with Gasteiger partial charge in [-0.25, -0.2) is 0 Å². The van der Waals surface area contributed by atoms with Crippen LogP contribution in [0.1, 0.15) is 30.8 Å². The van der Waals surface area contributed by atoms with Crippen molar-refractivity contribution in [1.82, 2.24) is 4.98 Å². The van der Waals surface area contributed by atoms with Crippen molar-refractivity contribution in [1.29, 1.82) is 0 Å². The fourth-order valence-electron chi connectivity index (χ4n) is 1.35. The van der Waals surface area contributed by atoms with E-state index in [1.807, 2.05) is 19.9 Å². The topological polar surface area (TPSA) is 38.9 Å². The van der Waals surface area contributed by atoms with Crippen molar-refractivity contribution in [3.05, 3.63) is 28.6 Å². The summed E-state index contributed by atoms with van der Waals surface area (Å²) in [6, 6.07) is 1.90. The number of hydrogen-bond donors (Lipinski definition) is 1. The maximum absolute atomic E-state index is 5.89. The van der Waals surface area contributed by atoms with E-state index in [-0.39, 0.29) is 0 Å². The van der Waals surface area contributed by atoms with E-state index in [1.165, 1.54) is 5.57 Å². The number of allylic oxidation sites excluding steroid dienone is 1. The Labute approximate surface area is 79.5 Å². The van der Waals surface area contributed by atoms with Crippen LogP contribution >= 0.6 is 0 Å². The maximum Gasteiger partial charge on any atom is 0.0468 e. The molecule has 0 aromatic carbocycles. The summed E-state index contributed by atoms with van der Waals surface area (Å²) in [5, 5.41) is 0. The molecule has 0 aliphatic rings. The highest BCUT2D eigenvalue weighted by Crippen LogP contribution is 2.19. The van der Waals surface area contributed by atoms with Gasteiger partial charge in [-0.1, -0.05) is 11.6 Å². The number of hydrogen-bond acceptors (Lipinski definition) is 2. The van der Waals surface area contributed by atoms with Gasteiger partial charge in [0.25, 0.3) is 0 Å². The molecular weight excluding hydrogens is 160 g/mol. The molecule has 1 rings (SSSR count). The SMILES string of the molecule is CC(C)=Cc1c(N)cc(C)nc1C. The zero-order valence-corrected chi connectivity index (χ0v) is 8.68. The predicted molar refractivity (Wildman–Crippen MR) is 57.4 cm³/mol. The number of nitrogens with two attached hydrogens (primary N) is 1. The van der Waals surface area contributed by atoms with Crippen LogP contribution in [0.25, 0.3) is 6.08 Å². The molecule has 0 aliphatic carbocycles. The van der Waals surface area contributed by atoms with Gasteiger partial charge in [-0.15, -0.1) is 0 Å². The fraction of sp³-hybridized carbons (Fsp3) is 0.364. The molecular formula is C11H16N2. The Hall–Kier alpha value is -1.31. The van der Waals surface area contributed by atoms with Crippen LogP contribution in [-0.2, 0) is 0 Å². The molecule has 1 aromatic rings. The minimum absolute atomic E-state index is 0.811. The van der Waals surface area contributed by atoms with Crippen LogP contribution in [0.5, 0.6) is 0 Å². The van der Waals surface area contributed by atoms with Gasteiger partial charge in [0.15, 0.2) is 0 Å². The molecule has 0 saturated heterocycles. The lowest BCUT2D eigenvalue weighted by Gasteiger charge is -2.06. The van der Waals surface area contributed by atoms with E-state index >= 15 is 0 Å². The number of anilines is 1. The first-order valence-electron chi connectivity index (χ1n) is 4.39. The molecule has 1 aromatic heterocycles. The molecule has 0 radical (unpaired) electrons. The first-order valence-corrected chi connectivity index (χ1v) is 4.39. The van der Waals surface area contributed by atoms with E-state index in [2.05, 4.69) is 24.9 Å². The summed E-state index contributed by atoms with van der Waals surface area (Å²) in [4.78, 5) is 4.36. The Morgan fingerprint density at radius 1 is 1.38 bits per heavy atom. The summed E-state index contributed by atoms with van der Waals surface area (Å²) in [5.74, 6) is 0. The average molecular weight is 176 g/mol. The van der Waals surface area contributed by atoms with Gasteiger partial charge >= 0.3 is 0 Å². The first-order chi connectivity index (χ1) is 6.00. The van der Waals surface area contributed by atoms with E-state index in [1.54, 1.807) is 0 Å². The smallest absolute Gasteiger partial charge is 0.0468 e. The quantitative estimate of drug-likeness (QED) is 0.714. The highest BCUT2D eigenvalue weighted by molar-refractivity contribution is 5.67. The number of aromatic nitrogens is 1. The highest BCUT2D eigenvalue weighted by atomic mass is 14.7. The van der Waals surface area contributed by atoms with Crippen LogP contribution in [0.3, 0.4) is 0 Å². The van der Waals surface area contributed by atoms with Gasteiger partial charge in [-0.3, -0.25) is 4.98 Å². The molecule has 0 fully saturated rings. The third-order valence-electron chi connectivity index (χ3n) is 1.84. The van der Waals surface area contributed by atoms with Crippen molar-refractivity contribution in [2.45, 2.75) is 27.7 Å². The number of pyridine rings is 1. The van der Waals surface area contributed by atoms with Crippen molar-refractivity contribution in [2.75, 3.05) is 5.73 Å². The molecule has 0 atom stereocenters. The number of nitrogens with zero attached hydrogens (tertiary/aromatic N) is 1. The summed E-state index contributed by atoms with van der Waals surface area (Å²) in [5.41, 5.74) is 11.0. The van der Waals surface area contributed by atoms with Gasteiger partial charge in [-0.05, 0) is 33.8 Å². The molecule has 0 aliphatic heterocycles. The van der Waals surface area contributed by atoms with Crippen LogP contribution in [0, 0.1) is 13.8 Å². The predicted octanol–water partition coefficient (Wildman–Crippen LogP) is 2.70. The molecule has 2 heteroatoms. The van der Waals surface area contributed by atoms with E-state index in [0.29, 0.717) is 0 Å². The van der Waals surface area contributed by atoms with E-state index in [0.717, 1.165) is 22.6 Å². The molecule has 0 saturated carbocycles. The van der Waals surface area contributed by atoms with Crippen molar-refractivity contribution in [3.63, 3.8) is 0 Å². The summed E-state index contributed by atoms with van der Waals surface area (Å²) in [6.07, 6.45) is 2.07. The van der Waals surface area contributed by atoms with Crippen molar-refractivity contribution in [3.8, 4) is 0 Å². The van der Waals surface area contributed by atoms with Gasteiger partial charge in [0.05, 0.1) is 0 Å². The Morgan fingerprint density at radius 2 is 2.00 bits per heavy atom. The van der Waals surface area contributed by atoms with Crippen molar-refractivity contribution >= 4 is 11.8 Å². The van der Waals surface area contributed by atoms with Gasteiger partial charge < -0.3 is 5.73 Å². The van der Waals surface area contributed by atoms with Crippen LogP contribution in [-0.4, -0.2) is 4.98 Å². The Balaban J connectivity index is 3.29. The first kappa shape index (κ1) is 9.78. The largest absolute Gasteiger partial charge is 0.398 e. The van der Waals surface area contributed by atoms with Gasteiger partial charge in [0.1, 0.15) is 0 Å². The van der Waals surface area contributed by atoms with Gasteiger partial charge in [0, 0.05) is 22.6 Å². The second-order valence-electron chi connectivity index (χ2n) is 3.57. The Morgan fingerprint density at radius 3 is 2.46 bits per heavy atom. The van der Waals surface area contributed by atoms with Crippen LogP contribution in [0.2, 0.25) is 0 Å². The fourth-order valence-corrected chi connectivity index (χ4v) is 1.35. The maximum atomic E-state index is 5.89. The molecule has 0 spiro atoms. The lowest BCUT2D eigenvalue weighted by Crippen LogP contribution is -1.97. The highest BCUT2D eigenvalue weighted by Gasteiger charge is 2.02. The minimum atomic E-state index is 0.811. The van der Waals surface area contributed by atoms with Crippen molar-refractivity contribution < 1.29 is 0 Å². The second kappa shape index (κ2) is 3.60. The van der Waals surface area contributed by atoms with Gasteiger partial charge in [0.2, 0.25) is 0 Å². The summed E-state index contributed by atoms with van der Waals surface area (Å²) >= 11 is 0. The third kappa shape index (κ3) is 2.31. The number of rotatable bonds is 1. The molecule has 2 N–H and O–H groups in total. The minimum Gasteiger partial charge on any atom is -0.398 e. The van der Waals surface area contributed by atoms with Crippen LogP contribution in [0.4, 0.5) is 5.69 Å². The van der Waals surface area contributed by atoms with Crippen LogP contribution < -0.4 is 5.73 Å². The number of aryl methyl sites for hydroxylation is 2. The third-order valence-corrected chi connectivity index (χ3v) is 1.84. The molecule has 0 amide bonds. The molecule has 2 nitrogen and oxygen atoms in total. The van der Waals surface area contributed by atoms with Crippen LogP contribution in [0.15, 0.2) is 11.6 Å². The molecule has 70 valence electrons. The van der Waals surface area contributed by atoms with E-state index < -0.39 is 0 Å². The lowest BCUT2D eigenvalue weighted by atomic mass is 10.1. The van der Waals surface area contributed by atoms with E-state index in [9.17, 15) is 0 Å².